The molecule has 0 aromatic heterocycles. The molecule has 1 aromatic rings. The molecule has 4 nitrogen and oxygen atoms in total. The van der Waals surface area contributed by atoms with Crippen LogP contribution in [0.25, 0.3) is 0 Å². The number of hydrogen-bond donors (Lipinski definition) is 2. The number of benzene rings is 1. The Bertz CT molecular complexity index is 396. The van der Waals surface area contributed by atoms with E-state index in [1.807, 2.05) is 25.1 Å². The SMILES string of the molecule is CCNCCNC(=O)CSCC(=O)c1ccccc1. The molecule has 0 heterocycles. The van der Waals surface area contributed by atoms with E-state index in [-0.39, 0.29) is 11.7 Å². The first-order chi connectivity index (χ1) is 9.24. The van der Waals surface area contributed by atoms with Crippen molar-refractivity contribution in [3.05, 3.63) is 35.9 Å². The van der Waals surface area contributed by atoms with Crippen LogP contribution in [0.1, 0.15) is 17.3 Å². The fourth-order valence-corrected chi connectivity index (χ4v) is 2.20. The monoisotopic (exact) mass is 280 g/mol. The second-order valence-corrected chi connectivity index (χ2v) is 4.97. The molecule has 0 atom stereocenters. The van der Waals surface area contributed by atoms with Crippen LogP contribution in [-0.4, -0.2) is 42.8 Å². The van der Waals surface area contributed by atoms with Crippen molar-refractivity contribution in [2.24, 2.45) is 0 Å². The van der Waals surface area contributed by atoms with Crippen molar-refractivity contribution < 1.29 is 9.59 Å². The Labute approximate surface area is 118 Å². The molecule has 0 aliphatic heterocycles. The molecule has 0 spiro atoms. The first kappa shape index (κ1) is 15.7. The number of thioether (sulfide) groups is 1. The molecule has 0 saturated carbocycles. The summed E-state index contributed by atoms with van der Waals surface area (Å²) in [6, 6.07) is 9.14. The molecule has 1 rings (SSSR count). The van der Waals surface area contributed by atoms with Crippen LogP contribution in [0.4, 0.5) is 0 Å². The highest BCUT2D eigenvalue weighted by Crippen LogP contribution is 2.06. The molecule has 0 radical (unpaired) electrons. The summed E-state index contributed by atoms with van der Waals surface area (Å²) in [4.78, 5) is 23.2. The number of likely N-dealkylation sites (N-methyl/N-ethyl adjacent to an activating group) is 1. The van der Waals surface area contributed by atoms with Crippen LogP contribution in [0.15, 0.2) is 30.3 Å². The summed E-state index contributed by atoms with van der Waals surface area (Å²) in [5.41, 5.74) is 0.697. The van der Waals surface area contributed by atoms with Crippen molar-refractivity contribution in [1.82, 2.24) is 10.6 Å². The van der Waals surface area contributed by atoms with Gasteiger partial charge in [0.1, 0.15) is 0 Å². The lowest BCUT2D eigenvalue weighted by Gasteiger charge is -2.05. The Morgan fingerprint density at radius 3 is 2.53 bits per heavy atom. The quantitative estimate of drug-likeness (QED) is 0.529. The van der Waals surface area contributed by atoms with Crippen LogP contribution in [-0.2, 0) is 4.79 Å². The summed E-state index contributed by atoms with van der Waals surface area (Å²) in [6.07, 6.45) is 0. The minimum Gasteiger partial charge on any atom is -0.354 e. The number of ketones is 1. The number of nitrogens with one attached hydrogen (secondary N) is 2. The fraction of sp³-hybridized carbons (Fsp3) is 0.429. The predicted molar refractivity (Wildman–Crippen MR) is 79.7 cm³/mol. The Morgan fingerprint density at radius 1 is 1.11 bits per heavy atom. The third-order valence-corrected chi connectivity index (χ3v) is 3.37. The number of rotatable bonds is 9. The van der Waals surface area contributed by atoms with Crippen LogP contribution < -0.4 is 10.6 Å². The smallest absolute Gasteiger partial charge is 0.230 e. The Kier molecular flexibility index (Phi) is 7.93. The summed E-state index contributed by atoms with van der Waals surface area (Å²) in [5.74, 6) is 0.699. The molecular formula is C14H20N2O2S. The Hall–Kier alpha value is -1.33. The standard InChI is InChI=1S/C14H20N2O2S/c1-2-15-8-9-16-14(18)11-19-10-13(17)12-6-4-3-5-7-12/h3-7,15H,2,8-11H2,1H3,(H,16,18). The van der Waals surface area contributed by atoms with Gasteiger partial charge in [-0.05, 0) is 6.54 Å². The minimum atomic E-state index is -0.0243. The van der Waals surface area contributed by atoms with Crippen molar-refractivity contribution in [2.75, 3.05) is 31.1 Å². The van der Waals surface area contributed by atoms with Gasteiger partial charge in [0, 0.05) is 18.7 Å². The maximum absolute atomic E-state index is 11.8. The number of Topliss-reactive ketones (excluding diaryl/α,β-unsaturated/α-hetero) is 1. The van der Waals surface area contributed by atoms with Gasteiger partial charge in [-0.15, -0.1) is 11.8 Å². The molecule has 0 unspecified atom stereocenters. The van der Waals surface area contributed by atoms with E-state index in [0.717, 1.165) is 13.1 Å². The zero-order valence-corrected chi connectivity index (χ0v) is 12.0. The van der Waals surface area contributed by atoms with Crippen molar-refractivity contribution in [2.45, 2.75) is 6.92 Å². The molecule has 0 fully saturated rings. The van der Waals surface area contributed by atoms with Gasteiger partial charge in [-0.3, -0.25) is 9.59 Å². The molecule has 0 aliphatic carbocycles. The zero-order chi connectivity index (χ0) is 13.9. The third kappa shape index (κ3) is 6.98. The van der Waals surface area contributed by atoms with Crippen LogP contribution in [0.3, 0.4) is 0 Å². The number of hydrogen-bond acceptors (Lipinski definition) is 4. The highest BCUT2D eigenvalue weighted by Gasteiger charge is 2.07. The summed E-state index contributed by atoms with van der Waals surface area (Å²) in [5, 5.41) is 5.92. The lowest BCUT2D eigenvalue weighted by atomic mass is 10.2. The van der Waals surface area contributed by atoms with E-state index in [4.69, 9.17) is 0 Å². The van der Waals surface area contributed by atoms with Gasteiger partial charge in [0.25, 0.3) is 0 Å². The predicted octanol–water partition coefficient (Wildman–Crippen LogP) is 1.33. The van der Waals surface area contributed by atoms with Crippen molar-refractivity contribution in [1.29, 1.82) is 0 Å². The molecule has 104 valence electrons. The average molecular weight is 280 g/mol. The van der Waals surface area contributed by atoms with Crippen LogP contribution in [0.2, 0.25) is 0 Å². The molecule has 0 aliphatic rings. The molecule has 5 heteroatoms. The first-order valence-electron chi connectivity index (χ1n) is 6.37. The van der Waals surface area contributed by atoms with Gasteiger partial charge in [-0.25, -0.2) is 0 Å². The molecule has 1 aromatic carbocycles. The van der Waals surface area contributed by atoms with Gasteiger partial charge in [-0.1, -0.05) is 37.3 Å². The fourth-order valence-electron chi connectivity index (χ4n) is 1.46. The van der Waals surface area contributed by atoms with Gasteiger partial charge in [0.15, 0.2) is 5.78 Å². The summed E-state index contributed by atoms with van der Waals surface area (Å²) < 4.78 is 0. The van der Waals surface area contributed by atoms with Gasteiger partial charge in [-0.2, -0.15) is 0 Å². The highest BCUT2D eigenvalue weighted by atomic mass is 32.2. The van der Waals surface area contributed by atoms with E-state index in [2.05, 4.69) is 10.6 Å². The average Bonchev–Trinajstić information content (AvgIpc) is 2.44. The summed E-state index contributed by atoms with van der Waals surface area (Å²) >= 11 is 1.35. The van der Waals surface area contributed by atoms with E-state index in [1.54, 1.807) is 12.1 Å². The molecule has 2 N–H and O–H groups in total. The van der Waals surface area contributed by atoms with Gasteiger partial charge in [0.2, 0.25) is 5.91 Å². The lowest BCUT2D eigenvalue weighted by molar-refractivity contribution is -0.118. The topological polar surface area (TPSA) is 58.2 Å². The largest absolute Gasteiger partial charge is 0.354 e. The first-order valence-corrected chi connectivity index (χ1v) is 7.53. The lowest BCUT2D eigenvalue weighted by Crippen LogP contribution is -2.32. The van der Waals surface area contributed by atoms with E-state index in [1.165, 1.54) is 11.8 Å². The van der Waals surface area contributed by atoms with Crippen molar-refractivity contribution in [3.8, 4) is 0 Å². The van der Waals surface area contributed by atoms with Crippen LogP contribution >= 0.6 is 11.8 Å². The van der Waals surface area contributed by atoms with Crippen LogP contribution in [0.5, 0.6) is 0 Å². The molecule has 0 bridgehead atoms. The summed E-state index contributed by atoms with van der Waals surface area (Å²) in [7, 11) is 0. The zero-order valence-electron chi connectivity index (χ0n) is 11.1. The number of amides is 1. The Balaban J connectivity index is 2.13. The van der Waals surface area contributed by atoms with E-state index in [0.29, 0.717) is 23.6 Å². The maximum Gasteiger partial charge on any atom is 0.230 e. The van der Waals surface area contributed by atoms with E-state index < -0.39 is 0 Å². The van der Waals surface area contributed by atoms with Crippen molar-refractivity contribution >= 4 is 23.5 Å². The Morgan fingerprint density at radius 2 is 1.84 bits per heavy atom. The normalized spacial score (nSPS) is 10.2. The maximum atomic E-state index is 11.8. The minimum absolute atomic E-state index is 0.0243. The van der Waals surface area contributed by atoms with Crippen LogP contribution in [0, 0.1) is 0 Å². The van der Waals surface area contributed by atoms with Crippen molar-refractivity contribution in [3.63, 3.8) is 0 Å². The number of carbonyl (C=O) groups is 2. The summed E-state index contributed by atoms with van der Waals surface area (Å²) in [6.45, 7) is 4.32. The second-order valence-electron chi connectivity index (χ2n) is 3.99. The molecule has 0 saturated heterocycles. The van der Waals surface area contributed by atoms with E-state index in [9.17, 15) is 9.59 Å². The van der Waals surface area contributed by atoms with E-state index >= 15 is 0 Å². The molecule has 1 amide bonds. The van der Waals surface area contributed by atoms with Gasteiger partial charge >= 0.3 is 0 Å². The second kappa shape index (κ2) is 9.58. The van der Waals surface area contributed by atoms with Gasteiger partial charge < -0.3 is 10.6 Å². The van der Waals surface area contributed by atoms with Gasteiger partial charge in [0.05, 0.1) is 11.5 Å². The number of carbonyl (C=O) groups excluding carboxylic acids is 2. The third-order valence-electron chi connectivity index (χ3n) is 2.44. The molecule has 19 heavy (non-hydrogen) atoms. The highest BCUT2D eigenvalue weighted by molar-refractivity contribution is 8.00. The molecular weight excluding hydrogens is 260 g/mol.